The van der Waals surface area contributed by atoms with Crippen LogP contribution in [0.1, 0.15) is 22.6 Å². The minimum Gasteiger partial charge on any atom is -0.387 e. The first-order valence-corrected chi connectivity index (χ1v) is 8.84. The summed E-state index contributed by atoms with van der Waals surface area (Å²) in [7, 11) is 3.78. The molecule has 0 bridgehead atoms. The van der Waals surface area contributed by atoms with E-state index in [-0.39, 0.29) is 5.90 Å². The lowest BCUT2D eigenvalue weighted by Crippen LogP contribution is -2.44. The second-order valence-electron chi connectivity index (χ2n) is 6.56. The first kappa shape index (κ1) is 18.3. The van der Waals surface area contributed by atoms with Crippen molar-refractivity contribution in [3.63, 3.8) is 0 Å². The second kappa shape index (κ2) is 8.25. The summed E-state index contributed by atoms with van der Waals surface area (Å²) in [6.07, 6.45) is 2.25. The molecule has 0 spiro atoms. The predicted molar refractivity (Wildman–Crippen MR) is 103 cm³/mol. The van der Waals surface area contributed by atoms with Crippen molar-refractivity contribution in [2.45, 2.75) is 13.3 Å². The molecule has 26 heavy (non-hydrogen) atoms. The van der Waals surface area contributed by atoms with Crippen LogP contribution in [0.2, 0.25) is 0 Å². The summed E-state index contributed by atoms with van der Waals surface area (Å²) in [6, 6.07) is 8.61. The molecule has 1 aliphatic rings. The van der Waals surface area contributed by atoms with Gasteiger partial charge in [0, 0.05) is 45.3 Å². The first-order chi connectivity index (χ1) is 12.6. The Bertz CT molecular complexity index is 770. The monoisotopic (exact) mass is 354 g/mol. The summed E-state index contributed by atoms with van der Waals surface area (Å²) >= 11 is 0. The van der Waals surface area contributed by atoms with Crippen LogP contribution in [0.3, 0.4) is 0 Å². The predicted octanol–water partition coefficient (Wildman–Crippen LogP) is 1.60. The molecule has 1 aromatic carbocycles. The van der Waals surface area contributed by atoms with Gasteiger partial charge in [0.15, 0.2) is 0 Å². The van der Waals surface area contributed by atoms with Crippen molar-refractivity contribution < 1.29 is 4.84 Å². The average Bonchev–Trinajstić information content (AvgIpc) is 2.64. The lowest BCUT2D eigenvalue weighted by molar-refractivity contribution is 0.207. The third-order valence-electron chi connectivity index (χ3n) is 4.64. The first-order valence-electron chi connectivity index (χ1n) is 8.84. The third-order valence-corrected chi connectivity index (χ3v) is 4.64. The Labute approximate surface area is 154 Å². The number of nitrogens with one attached hydrogen (secondary N) is 2. The number of likely N-dealkylation sites (N-methyl/N-ethyl adjacent to an activating group) is 1. The maximum Gasteiger partial charge on any atom is 0.257 e. The van der Waals surface area contributed by atoms with E-state index in [1.54, 1.807) is 13.2 Å². The highest BCUT2D eigenvalue weighted by molar-refractivity contribution is 5.89. The molecule has 0 amide bonds. The van der Waals surface area contributed by atoms with Crippen molar-refractivity contribution in [1.82, 2.24) is 20.3 Å². The van der Waals surface area contributed by atoms with E-state index in [0.717, 1.165) is 37.6 Å². The Kier molecular flexibility index (Phi) is 5.80. The molecule has 2 heterocycles. The summed E-state index contributed by atoms with van der Waals surface area (Å²) < 4.78 is 0. The van der Waals surface area contributed by atoms with Crippen molar-refractivity contribution in [2.24, 2.45) is 0 Å². The molecule has 1 aliphatic heterocycles. The standard InChI is InChI=1S/C19H26N6O/c1-14-17(23-18(13-22-14)19(20)26-21-2)12-15-5-4-6-16(11-15)25-9-7-24(3)8-10-25/h4-6,11,13,20-21H,7-10,12H2,1-3H3. The Morgan fingerprint density at radius 2 is 2.04 bits per heavy atom. The van der Waals surface area contributed by atoms with E-state index in [1.807, 2.05) is 6.92 Å². The molecule has 1 fully saturated rings. The van der Waals surface area contributed by atoms with Crippen molar-refractivity contribution in [1.29, 1.82) is 5.41 Å². The number of hydrogen-bond acceptors (Lipinski definition) is 7. The van der Waals surface area contributed by atoms with Gasteiger partial charge in [-0.2, -0.15) is 5.48 Å². The van der Waals surface area contributed by atoms with Crippen LogP contribution in [0.5, 0.6) is 0 Å². The summed E-state index contributed by atoms with van der Waals surface area (Å²) in [4.78, 5) is 18.7. The zero-order valence-electron chi connectivity index (χ0n) is 15.6. The molecule has 3 rings (SSSR count). The van der Waals surface area contributed by atoms with Crippen molar-refractivity contribution in [2.75, 3.05) is 45.2 Å². The fourth-order valence-electron chi connectivity index (χ4n) is 3.04. The molecule has 1 saturated heterocycles. The number of anilines is 1. The minimum absolute atomic E-state index is 0.0348. The summed E-state index contributed by atoms with van der Waals surface area (Å²) in [5, 5.41) is 7.86. The Morgan fingerprint density at radius 3 is 2.77 bits per heavy atom. The topological polar surface area (TPSA) is 77.4 Å². The molecule has 7 heteroatoms. The maximum absolute atomic E-state index is 7.86. The third kappa shape index (κ3) is 4.36. The fraction of sp³-hybridized carbons (Fsp3) is 0.421. The number of aryl methyl sites for hydroxylation is 1. The van der Waals surface area contributed by atoms with E-state index in [0.29, 0.717) is 12.1 Å². The van der Waals surface area contributed by atoms with E-state index in [1.165, 1.54) is 11.3 Å². The molecule has 7 nitrogen and oxygen atoms in total. The van der Waals surface area contributed by atoms with Crippen LogP contribution in [0.15, 0.2) is 30.5 Å². The molecule has 2 aromatic rings. The quantitative estimate of drug-likeness (QED) is 0.483. The Hall–Kier alpha value is -2.51. The molecule has 138 valence electrons. The molecule has 0 unspecified atom stereocenters. The zero-order chi connectivity index (χ0) is 18.5. The summed E-state index contributed by atoms with van der Waals surface area (Å²) in [6.45, 7) is 6.22. The maximum atomic E-state index is 7.86. The highest BCUT2D eigenvalue weighted by Gasteiger charge is 2.15. The molecule has 1 aromatic heterocycles. The molecular formula is C19H26N6O. The number of hydrogen-bond donors (Lipinski definition) is 2. The highest BCUT2D eigenvalue weighted by atomic mass is 16.6. The van der Waals surface area contributed by atoms with E-state index in [9.17, 15) is 0 Å². The van der Waals surface area contributed by atoms with Gasteiger partial charge >= 0.3 is 0 Å². The second-order valence-corrected chi connectivity index (χ2v) is 6.56. The smallest absolute Gasteiger partial charge is 0.257 e. The summed E-state index contributed by atoms with van der Waals surface area (Å²) in [5.41, 5.74) is 7.10. The number of aromatic nitrogens is 2. The number of rotatable bonds is 5. The number of piperazine rings is 1. The van der Waals surface area contributed by atoms with Crippen LogP contribution in [0.25, 0.3) is 0 Å². The molecule has 2 N–H and O–H groups in total. The van der Waals surface area contributed by atoms with Gasteiger partial charge in [-0.05, 0) is 31.7 Å². The normalized spacial score (nSPS) is 15.1. The van der Waals surface area contributed by atoms with Gasteiger partial charge in [-0.1, -0.05) is 12.1 Å². The lowest BCUT2D eigenvalue weighted by atomic mass is 10.1. The molecular weight excluding hydrogens is 328 g/mol. The van der Waals surface area contributed by atoms with Crippen LogP contribution in [-0.4, -0.2) is 61.0 Å². The van der Waals surface area contributed by atoms with Crippen molar-refractivity contribution >= 4 is 11.6 Å². The highest BCUT2D eigenvalue weighted by Crippen LogP contribution is 2.20. The van der Waals surface area contributed by atoms with Gasteiger partial charge in [-0.3, -0.25) is 10.4 Å². The molecule has 0 aliphatic carbocycles. The van der Waals surface area contributed by atoms with Gasteiger partial charge in [-0.25, -0.2) is 4.98 Å². The SMILES string of the molecule is CNOC(=N)c1cnc(C)c(Cc2cccc(N3CCN(C)CC3)c2)n1. The fourth-order valence-corrected chi connectivity index (χ4v) is 3.04. The van der Waals surface area contributed by atoms with E-state index < -0.39 is 0 Å². The number of nitrogens with zero attached hydrogens (tertiary/aromatic N) is 4. The molecule has 0 radical (unpaired) electrons. The number of benzene rings is 1. The van der Waals surface area contributed by atoms with E-state index in [2.05, 4.69) is 56.6 Å². The largest absolute Gasteiger partial charge is 0.387 e. The van der Waals surface area contributed by atoms with Gasteiger partial charge in [-0.15, -0.1) is 0 Å². The zero-order valence-corrected chi connectivity index (χ0v) is 15.6. The molecule has 0 atom stereocenters. The van der Waals surface area contributed by atoms with Crippen molar-refractivity contribution in [3.8, 4) is 0 Å². The Morgan fingerprint density at radius 1 is 1.27 bits per heavy atom. The molecule has 0 saturated carbocycles. The minimum atomic E-state index is -0.0348. The van der Waals surface area contributed by atoms with Crippen LogP contribution in [0, 0.1) is 12.3 Å². The summed E-state index contributed by atoms with van der Waals surface area (Å²) in [5.74, 6) is -0.0348. The van der Waals surface area contributed by atoms with E-state index >= 15 is 0 Å². The van der Waals surface area contributed by atoms with Crippen LogP contribution in [0.4, 0.5) is 5.69 Å². The number of hydroxylamine groups is 1. The van der Waals surface area contributed by atoms with Crippen LogP contribution < -0.4 is 10.4 Å². The van der Waals surface area contributed by atoms with Gasteiger partial charge in [0.25, 0.3) is 5.90 Å². The Balaban J connectivity index is 1.77. The van der Waals surface area contributed by atoms with Crippen LogP contribution >= 0.6 is 0 Å². The van der Waals surface area contributed by atoms with Gasteiger partial charge in [0.05, 0.1) is 17.6 Å². The van der Waals surface area contributed by atoms with Crippen LogP contribution in [-0.2, 0) is 11.3 Å². The van der Waals surface area contributed by atoms with Gasteiger partial charge < -0.3 is 14.6 Å². The van der Waals surface area contributed by atoms with E-state index in [4.69, 9.17) is 10.2 Å². The van der Waals surface area contributed by atoms with Gasteiger partial charge in [0.2, 0.25) is 0 Å². The van der Waals surface area contributed by atoms with Gasteiger partial charge in [0.1, 0.15) is 5.69 Å². The van der Waals surface area contributed by atoms with Crippen molar-refractivity contribution in [3.05, 3.63) is 53.1 Å². The average molecular weight is 354 g/mol. The lowest BCUT2D eigenvalue weighted by Gasteiger charge is -2.34.